The molecule has 6 radical (unpaired) electrons. The molecule has 0 unspecified atom stereocenters. The molecule has 23 heavy (non-hydrogen) atoms. The van der Waals surface area contributed by atoms with Crippen LogP contribution in [-0.2, 0) is 19.8 Å². The van der Waals surface area contributed by atoms with Crippen LogP contribution < -0.4 is 24.8 Å². The van der Waals surface area contributed by atoms with Gasteiger partial charge < -0.3 is 24.8 Å². The first-order valence-electron chi connectivity index (χ1n) is 7.56. The Morgan fingerprint density at radius 1 is 0.826 bits per heavy atom. The van der Waals surface area contributed by atoms with Crippen LogP contribution in [0.15, 0.2) is 0 Å². The van der Waals surface area contributed by atoms with Crippen molar-refractivity contribution in [1.82, 2.24) is 14.7 Å². The zero-order chi connectivity index (χ0) is 14.1. The molecule has 4 saturated heterocycles. The summed E-state index contributed by atoms with van der Waals surface area (Å²) in [6.07, 6.45) is 13.0. The molecule has 5 fully saturated rings. The largest absolute Gasteiger partial charge is 2.00 e. The van der Waals surface area contributed by atoms with Gasteiger partial charge in [-0.1, -0.05) is 28.7 Å². The second kappa shape index (κ2) is 11.3. The van der Waals surface area contributed by atoms with Gasteiger partial charge in [0.05, 0.1) is 20.0 Å². The van der Waals surface area contributed by atoms with Crippen molar-refractivity contribution in [3.05, 3.63) is 37.5 Å². The third-order valence-electron chi connectivity index (χ3n) is 4.14. The molecule has 4 bridgehead atoms. The fourth-order valence-corrected chi connectivity index (χ4v) is 5.69. The minimum atomic E-state index is 0. The summed E-state index contributed by atoms with van der Waals surface area (Å²) in [6, 6.07) is 0. The molecule has 4 aliphatic heterocycles. The molecule has 5 rings (SSSR count). The minimum Gasteiger partial charge on any atom is -1.00 e. The molecule has 7 heteroatoms. The third kappa shape index (κ3) is 6.98. The summed E-state index contributed by atoms with van der Waals surface area (Å²) in [6.45, 7) is 10.3. The van der Waals surface area contributed by atoms with E-state index < -0.39 is 0 Å². The molecule has 4 heterocycles. The molecule has 0 atom stereocenters. The number of hydrogen-bond donors (Lipinski definition) is 0. The van der Waals surface area contributed by atoms with Crippen LogP contribution in [0.5, 0.6) is 0 Å². The molecular formula is C16H26Cl2N3OsP. The monoisotopic (exact) mass is 553 g/mol. The Morgan fingerprint density at radius 2 is 1.22 bits per heavy atom. The molecule has 1 saturated carbocycles. The third-order valence-corrected chi connectivity index (χ3v) is 6.54. The molecule has 5 aliphatic rings. The van der Waals surface area contributed by atoms with E-state index in [4.69, 9.17) is 0 Å². The van der Waals surface area contributed by atoms with E-state index in [1.54, 1.807) is 0 Å². The van der Waals surface area contributed by atoms with Gasteiger partial charge in [-0.05, 0) is 43.4 Å². The van der Waals surface area contributed by atoms with Gasteiger partial charge in [0.2, 0.25) is 0 Å². The number of nitrogens with zero attached hydrogens (tertiary/aromatic N) is 3. The summed E-state index contributed by atoms with van der Waals surface area (Å²) >= 11 is 0. The summed E-state index contributed by atoms with van der Waals surface area (Å²) in [7, 11) is 0.366. The molecule has 0 aromatic rings. The predicted octanol–water partition coefficient (Wildman–Crippen LogP) is -3.19. The summed E-state index contributed by atoms with van der Waals surface area (Å²) < 4.78 is 0. The molecule has 0 N–H and O–H groups in total. The van der Waals surface area contributed by atoms with Crippen LogP contribution in [0.3, 0.4) is 0 Å². The first-order chi connectivity index (χ1) is 9.60. The van der Waals surface area contributed by atoms with E-state index in [2.05, 4.69) is 61.2 Å². The average molecular weight is 553 g/mol. The fourth-order valence-electron chi connectivity index (χ4n) is 3.19. The van der Waals surface area contributed by atoms with Crippen molar-refractivity contribution >= 4 is 7.92 Å². The Kier molecular flexibility index (Phi) is 12.0. The van der Waals surface area contributed by atoms with Crippen LogP contribution in [0.2, 0.25) is 0 Å². The zero-order valence-electron chi connectivity index (χ0n) is 14.0. The van der Waals surface area contributed by atoms with E-state index in [1.807, 2.05) is 0 Å². The number of halogens is 2. The van der Waals surface area contributed by atoms with E-state index in [0.29, 0.717) is 13.8 Å². The summed E-state index contributed by atoms with van der Waals surface area (Å²) in [5, 5.41) is 0. The van der Waals surface area contributed by atoms with Gasteiger partial charge in [0.25, 0.3) is 0 Å². The first kappa shape index (κ1) is 24.5. The standard InChI is InChI=1S/C10H14.C6H12N3P.2ClH.Os/c1-8(2)10-6-4-9(3)5-7-10;1-7-2-9-3-8(1)5-10(4-7)6-9;;;/h4-8H,1-3H3;1-6H2;2*1H;/q;;;;+2/p-2. The maximum Gasteiger partial charge on any atom is 2.00 e. The minimum absolute atomic E-state index is 0. The van der Waals surface area contributed by atoms with Crippen LogP contribution in [0.4, 0.5) is 0 Å². The summed E-state index contributed by atoms with van der Waals surface area (Å²) in [4.78, 5) is 7.71. The van der Waals surface area contributed by atoms with Crippen LogP contribution in [0, 0.1) is 43.4 Å². The van der Waals surface area contributed by atoms with Crippen molar-refractivity contribution in [3.63, 3.8) is 0 Å². The van der Waals surface area contributed by atoms with Crippen molar-refractivity contribution in [3.8, 4) is 0 Å². The smallest absolute Gasteiger partial charge is 1.00 e. The Balaban J connectivity index is 0.000000372. The van der Waals surface area contributed by atoms with Crippen LogP contribution in [0.1, 0.15) is 20.8 Å². The van der Waals surface area contributed by atoms with Gasteiger partial charge >= 0.3 is 19.8 Å². The van der Waals surface area contributed by atoms with E-state index in [0.717, 1.165) is 0 Å². The van der Waals surface area contributed by atoms with Crippen molar-refractivity contribution in [1.29, 1.82) is 0 Å². The summed E-state index contributed by atoms with van der Waals surface area (Å²) in [5.41, 5.74) is 0. The van der Waals surface area contributed by atoms with Gasteiger partial charge in [-0.25, -0.2) is 0 Å². The number of rotatable bonds is 1. The molecule has 132 valence electrons. The topological polar surface area (TPSA) is 9.72 Å². The van der Waals surface area contributed by atoms with E-state index >= 15 is 0 Å². The fraction of sp³-hybridized carbons (Fsp3) is 0.625. The Hall–Kier alpha value is 1.53. The van der Waals surface area contributed by atoms with Gasteiger partial charge in [-0.15, -0.1) is 0 Å². The van der Waals surface area contributed by atoms with E-state index in [1.165, 1.54) is 50.7 Å². The Labute approximate surface area is 169 Å². The molecule has 0 aromatic heterocycles. The van der Waals surface area contributed by atoms with Crippen LogP contribution in [0.25, 0.3) is 0 Å². The molecule has 0 aromatic carbocycles. The van der Waals surface area contributed by atoms with Crippen LogP contribution >= 0.6 is 7.92 Å². The van der Waals surface area contributed by atoms with Crippen molar-refractivity contribution < 1.29 is 44.6 Å². The van der Waals surface area contributed by atoms with Gasteiger partial charge in [-0.2, -0.15) is 0 Å². The van der Waals surface area contributed by atoms with Crippen molar-refractivity contribution in [2.45, 2.75) is 20.8 Å². The van der Waals surface area contributed by atoms with Crippen molar-refractivity contribution in [2.75, 3.05) is 38.9 Å². The molecule has 0 spiro atoms. The Bertz CT molecular complexity index is 272. The quantitative estimate of drug-likeness (QED) is 0.318. The molecule has 1 aliphatic carbocycles. The predicted molar refractivity (Wildman–Crippen MR) is 85.8 cm³/mol. The second-order valence-electron chi connectivity index (χ2n) is 6.60. The maximum atomic E-state index is 2.57. The van der Waals surface area contributed by atoms with Gasteiger partial charge in [-0.3, -0.25) is 14.7 Å². The van der Waals surface area contributed by atoms with E-state index in [9.17, 15) is 0 Å². The molecule has 0 amide bonds. The van der Waals surface area contributed by atoms with Crippen LogP contribution in [-0.4, -0.2) is 53.6 Å². The van der Waals surface area contributed by atoms with E-state index in [-0.39, 0.29) is 44.6 Å². The maximum absolute atomic E-state index is 2.57. The molecular weight excluding hydrogens is 526 g/mol. The zero-order valence-corrected chi connectivity index (χ0v) is 19.0. The summed E-state index contributed by atoms with van der Waals surface area (Å²) in [5.74, 6) is 3.41. The second-order valence-corrected chi connectivity index (χ2v) is 8.79. The first-order valence-corrected chi connectivity index (χ1v) is 9.46. The van der Waals surface area contributed by atoms with Gasteiger partial charge in [0.1, 0.15) is 0 Å². The average Bonchev–Trinajstić information content (AvgIpc) is 2.38. The SMILES string of the molecule is C1N2CN3CN1CP(C2)C3.C[C]1[CH][CH][C](C(C)C)[CH][CH]1.[Cl-].[Cl-].[Os+2]. The number of hydrogen-bond acceptors (Lipinski definition) is 3. The molecule has 3 nitrogen and oxygen atoms in total. The normalized spacial score (nSPS) is 35.5. The Morgan fingerprint density at radius 3 is 1.52 bits per heavy atom. The van der Waals surface area contributed by atoms with Crippen molar-refractivity contribution in [2.24, 2.45) is 5.92 Å². The van der Waals surface area contributed by atoms with Gasteiger partial charge in [0, 0.05) is 18.9 Å². The van der Waals surface area contributed by atoms with Gasteiger partial charge in [0.15, 0.2) is 0 Å².